The Hall–Kier alpha value is -1.72. The fourth-order valence-electron chi connectivity index (χ4n) is 2.59. The zero-order valence-electron chi connectivity index (χ0n) is 11.5. The molecule has 2 heterocycles. The molecule has 0 aliphatic carbocycles. The van der Waals surface area contributed by atoms with Crippen LogP contribution < -0.4 is 10.6 Å². The van der Waals surface area contributed by atoms with Crippen LogP contribution in [0.4, 0.5) is 5.82 Å². The lowest BCUT2D eigenvalue weighted by atomic mass is 10.1. The van der Waals surface area contributed by atoms with E-state index in [1.54, 1.807) is 0 Å². The van der Waals surface area contributed by atoms with E-state index in [9.17, 15) is 0 Å². The van der Waals surface area contributed by atoms with E-state index in [-0.39, 0.29) is 0 Å². The van der Waals surface area contributed by atoms with Crippen LogP contribution >= 0.6 is 0 Å². The first-order valence-electron chi connectivity index (χ1n) is 7.15. The standard InChI is InChI=1S/C15H20N4O/c16-7-10-20-12-5-8-19(9-6-12)15-11-17-13-3-1-2-4-14(13)18-15/h1-4,11-12H,5-10,16H2. The quantitative estimate of drug-likeness (QED) is 0.915. The molecule has 1 aromatic carbocycles. The van der Waals surface area contributed by atoms with Gasteiger partial charge in [-0.25, -0.2) is 4.98 Å². The zero-order valence-corrected chi connectivity index (χ0v) is 11.5. The molecule has 0 unspecified atom stereocenters. The molecule has 5 heteroatoms. The average Bonchev–Trinajstić information content (AvgIpc) is 2.53. The minimum absolute atomic E-state index is 0.336. The maximum atomic E-state index is 5.70. The molecule has 1 fully saturated rings. The number of hydrogen-bond acceptors (Lipinski definition) is 5. The Morgan fingerprint density at radius 2 is 1.95 bits per heavy atom. The molecule has 0 amide bonds. The highest BCUT2D eigenvalue weighted by Crippen LogP contribution is 2.20. The molecule has 0 bridgehead atoms. The Labute approximate surface area is 118 Å². The van der Waals surface area contributed by atoms with Gasteiger partial charge in [0.25, 0.3) is 0 Å². The predicted octanol–water partition coefficient (Wildman–Crippen LogP) is 1.57. The van der Waals surface area contributed by atoms with Crippen molar-refractivity contribution in [1.82, 2.24) is 9.97 Å². The zero-order chi connectivity index (χ0) is 13.8. The van der Waals surface area contributed by atoms with Gasteiger partial charge in [0.2, 0.25) is 0 Å². The number of fused-ring (bicyclic) bond motifs is 1. The van der Waals surface area contributed by atoms with Crippen LogP contribution in [0.25, 0.3) is 11.0 Å². The molecular weight excluding hydrogens is 252 g/mol. The monoisotopic (exact) mass is 272 g/mol. The van der Waals surface area contributed by atoms with Crippen LogP contribution in [0, 0.1) is 0 Å². The first-order chi connectivity index (χ1) is 9.86. The van der Waals surface area contributed by atoms with Gasteiger partial charge >= 0.3 is 0 Å². The molecule has 1 saturated heterocycles. The summed E-state index contributed by atoms with van der Waals surface area (Å²) in [7, 11) is 0. The maximum absolute atomic E-state index is 5.70. The molecule has 1 aliphatic rings. The van der Waals surface area contributed by atoms with Crippen LogP contribution in [-0.2, 0) is 4.74 Å². The molecule has 20 heavy (non-hydrogen) atoms. The summed E-state index contributed by atoms with van der Waals surface area (Å²) < 4.78 is 5.70. The molecule has 2 aromatic rings. The number of hydrogen-bond donors (Lipinski definition) is 1. The van der Waals surface area contributed by atoms with Crippen molar-refractivity contribution in [3.8, 4) is 0 Å². The number of nitrogens with zero attached hydrogens (tertiary/aromatic N) is 3. The normalized spacial score (nSPS) is 16.8. The highest BCUT2D eigenvalue weighted by Gasteiger charge is 2.20. The molecule has 106 valence electrons. The number of nitrogens with two attached hydrogens (primary N) is 1. The summed E-state index contributed by atoms with van der Waals surface area (Å²) in [6.07, 6.45) is 4.25. The van der Waals surface area contributed by atoms with Crippen LogP contribution in [0.15, 0.2) is 30.5 Å². The summed E-state index contributed by atoms with van der Waals surface area (Å²) in [6, 6.07) is 7.96. The van der Waals surface area contributed by atoms with Crippen LogP contribution in [-0.4, -0.2) is 42.3 Å². The van der Waals surface area contributed by atoms with Gasteiger partial charge in [0.1, 0.15) is 5.82 Å². The van der Waals surface area contributed by atoms with Crippen LogP contribution in [0.1, 0.15) is 12.8 Å². The Bertz CT molecular complexity index is 567. The van der Waals surface area contributed by atoms with Crippen molar-refractivity contribution in [2.45, 2.75) is 18.9 Å². The largest absolute Gasteiger partial charge is 0.377 e. The average molecular weight is 272 g/mol. The van der Waals surface area contributed by atoms with E-state index in [0.717, 1.165) is 42.8 Å². The molecule has 1 aliphatic heterocycles. The lowest BCUT2D eigenvalue weighted by Gasteiger charge is -2.32. The predicted molar refractivity (Wildman–Crippen MR) is 79.8 cm³/mol. The lowest BCUT2D eigenvalue weighted by Crippen LogP contribution is -2.38. The highest BCUT2D eigenvalue weighted by molar-refractivity contribution is 5.75. The number of aromatic nitrogens is 2. The third-order valence-electron chi connectivity index (χ3n) is 3.67. The first kappa shape index (κ1) is 13.3. The van der Waals surface area contributed by atoms with Gasteiger partial charge in [0.15, 0.2) is 0 Å². The Morgan fingerprint density at radius 3 is 2.70 bits per heavy atom. The van der Waals surface area contributed by atoms with E-state index in [1.165, 1.54) is 0 Å². The van der Waals surface area contributed by atoms with Crippen molar-refractivity contribution in [2.75, 3.05) is 31.1 Å². The minimum atomic E-state index is 0.336. The van der Waals surface area contributed by atoms with Crippen molar-refractivity contribution in [2.24, 2.45) is 5.73 Å². The number of anilines is 1. The molecule has 5 nitrogen and oxygen atoms in total. The van der Waals surface area contributed by atoms with E-state index >= 15 is 0 Å². The number of para-hydroxylation sites is 2. The van der Waals surface area contributed by atoms with E-state index in [0.29, 0.717) is 19.3 Å². The fourth-order valence-corrected chi connectivity index (χ4v) is 2.59. The van der Waals surface area contributed by atoms with E-state index in [1.807, 2.05) is 30.5 Å². The van der Waals surface area contributed by atoms with Gasteiger partial charge in [-0.15, -0.1) is 0 Å². The Morgan fingerprint density at radius 1 is 1.20 bits per heavy atom. The molecule has 0 radical (unpaired) electrons. The summed E-state index contributed by atoms with van der Waals surface area (Å²) in [5, 5.41) is 0. The smallest absolute Gasteiger partial charge is 0.147 e. The summed E-state index contributed by atoms with van der Waals surface area (Å²) in [5.41, 5.74) is 7.36. The summed E-state index contributed by atoms with van der Waals surface area (Å²) >= 11 is 0. The molecule has 0 spiro atoms. The van der Waals surface area contributed by atoms with Gasteiger partial charge < -0.3 is 15.4 Å². The van der Waals surface area contributed by atoms with Gasteiger partial charge in [-0.3, -0.25) is 4.98 Å². The second kappa shape index (κ2) is 6.15. The Balaban J connectivity index is 1.67. The van der Waals surface area contributed by atoms with Crippen LogP contribution in [0.5, 0.6) is 0 Å². The maximum Gasteiger partial charge on any atom is 0.147 e. The van der Waals surface area contributed by atoms with E-state index in [2.05, 4.69) is 14.9 Å². The lowest BCUT2D eigenvalue weighted by molar-refractivity contribution is 0.0421. The molecule has 2 N–H and O–H groups in total. The third-order valence-corrected chi connectivity index (χ3v) is 3.67. The van der Waals surface area contributed by atoms with Gasteiger partial charge in [-0.05, 0) is 25.0 Å². The second-order valence-corrected chi connectivity index (χ2v) is 5.06. The molecule has 1 aromatic heterocycles. The van der Waals surface area contributed by atoms with Gasteiger partial charge in [0.05, 0.1) is 29.9 Å². The van der Waals surface area contributed by atoms with Crippen molar-refractivity contribution in [3.05, 3.63) is 30.5 Å². The molecule has 0 saturated carbocycles. The highest BCUT2D eigenvalue weighted by atomic mass is 16.5. The minimum Gasteiger partial charge on any atom is -0.377 e. The summed E-state index contributed by atoms with van der Waals surface area (Å²) in [6.45, 7) is 3.17. The summed E-state index contributed by atoms with van der Waals surface area (Å²) in [5.74, 6) is 0.959. The van der Waals surface area contributed by atoms with Gasteiger partial charge in [0, 0.05) is 19.6 Å². The Kier molecular flexibility index (Phi) is 4.08. The van der Waals surface area contributed by atoms with E-state index in [4.69, 9.17) is 10.5 Å². The van der Waals surface area contributed by atoms with Crippen molar-refractivity contribution < 1.29 is 4.74 Å². The van der Waals surface area contributed by atoms with Crippen molar-refractivity contribution in [1.29, 1.82) is 0 Å². The van der Waals surface area contributed by atoms with Gasteiger partial charge in [-0.1, -0.05) is 12.1 Å². The van der Waals surface area contributed by atoms with Crippen molar-refractivity contribution in [3.63, 3.8) is 0 Å². The molecule has 0 atom stereocenters. The second-order valence-electron chi connectivity index (χ2n) is 5.06. The van der Waals surface area contributed by atoms with Gasteiger partial charge in [-0.2, -0.15) is 0 Å². The third kappa shape index (κ3) is 2.89. The van der Waals surface area contributed by atoms with E-state index < -0.39 is 0 Å². The molecular formula is C15H20N4O. The first-order valence-corrected chi connectivity index (χ1v) is 7.15. The number of benzene rings is 1. The fraction of sp³-hybridized carbons (Fsp3) is 0.467. The topological polar surface area (TPSA) is 64.3 Å². The van der Waals surface area contributed by atoms with Crippen LogP contribution in [0.3, 0.4) is 0 Å². The number of rotatable bonds is 4. The summed E-state index contributed by atoms with van der Waals surface area (Å²) in [4.78, 5) is 11.4. The SMILES string of the molecule is NCCOC1CCN(c2cnc3ccccc3n2)CC1. The van der Waals surface area contributed by atoms with Crippen LogP contribution in [0.2, 0.25) is 0 Å². The van der Waals surface area contributed by atoms with Crippen molar-refractivity contribution >= 4 is 16.9 Å². The number of ether oxygens (including phenoxy) is 1. The number of piperidine rings is 1. The molecule has 3 rings (SSSR count).